The Bertz CT molecular complexity index is 330. The van der Waals surface area contributed by atoms with Gasteiger partial charge in [-0.05, 0) is 25.7 Å². The number of hydrogen-bond acceptors (Lipinski definition) is 3. The maximum absolute atomic E-state index is 12.2. The highest BCUT2D eigenvalue weighted by Crippen LogP contribution is 2.19. The summed E-state index contributed by atoms with van der Waals surface area (Å²) in [5, 5.41) is 9.18. The molecule has 1 unspecified atom stereocenters. The average Bonchev–Trinajstić information content (AvgIpc) is 2.26. The van der Waals surface area contributed by atoms with E-state index in [-0.39, 0.29) is 18.6 Å². The van der Waals surface area contributed by atoms with E-state index >= 15 is 0 Å². The fourth-order valence-corrected chi connectivity index (χ4v) is 3.89. The Morgan fingerprint density at radius 3 is 2.53 bits per heavy atom. The Morgan fingerprint density at radius 2 is 2.06 bits per heavy atom. The maximum atomic E-state index is 12.2. The molecule has 17 heavy (non-hydrogen) atoms. The first-order valence-electron chi connectivity index (χ1n) is 6.28. The zero-order chi connectivity index (χ0) is 13.1. The van der Waals surface area contributed by atoms with E-state index in [4.69, 9.17) is 0 Å². The molecule has 0 bridgehead atoms. The zero-order valence-corrected chi connectivity index (χ0v) is 11.7. The van der Waals surface area contributed by atoms with Crippen LogP contribution < -0.4 is 4.72 Å². The Labute approximate surface area is 104 Å². The molecule has 0 aromatic heterocycles. The molecule has 2 N–H and O–H groups in total. The van der Waals surface area contributed by atoms with Crippen LogP contribution in [0.5, 0.6) is 0 Å². The van der Waals surface area contributed by atoms with Gasteiger partial charge in [-0.1, -0.05) is 20.3 Å². The average molecular weight is 264 g/mol. The molecular weight excluding hydrogens is 240 g/mol. The molecule has 6 heteroatoms. The molecule has 1 saturated heterocycles. The lowest BCUT2D eigenvalue weighted by Gasteiger charge is -2.34. The van der Waals surface area contributed by atoms with Crippen molar-refractivity contribution in [2.45, 2.75) is 52.1 Å². The molecule has 5 nitrogen and oxygen atoms in total. The van der Waals surface area contributed by atoms with Gasteiger partial charge in [0.15, 0.2) is 0 Å². The van der Waals surface area contributed by atoms with Gasteiger partial charge in [0.25, 0.3) is 10.2 Å². The first-order chi connectivity index (χ1) is 7.88. The number of nitrogens with zero attached hydrogens (tertiary/aromatic N) is 1. The van der Waals surface area contributed by atoms with Crippen LogP contribution in [-0.2, 0) is 10.2 Å². The van der Waals surface area contributed by atoms with E-state index in [1.54, 1.807) is 0 Å². The van der Waals surface area contributed by atoms with E-state index in [2.05, 4.69) is 4.72 Å². The summed E-state index contributed by atoms with van der Waals surface area (Å²) < 4.78 is 28.5. The lowest BCUT2D eigenvalue weighted by atomic mass is 10.1. The Morgan fingerprint density at radius 1 is 1.41 bits per heavy atom. The minimum atomic E-state index is -3.47. The highest BCUT2D eigenvalue weighted by molar-refractivity contribution is 7.87. The predicted molar refractivity (Wildman–Crippen MR) is 67.8 cm³/mol. The zero-order valence-electron chi connectivity index (χ0n) is 10.9. The van der Waals surface area contributed by atoms with Gasteiger partial charge in [0, 0.05) is 18.6 Å². The first kappa shape index (κ1) is 14.9. The normalized spacial score (nSPS) is 25.1. The molecule has 0 aromatic carbocycles. The lowest BCUT2D eigenvalue weighted by Crippen LogP contribution is -2.52. The quantitative estimate of drug-likeness (QED) is 0.768. The van der Waals surface area contributed by atoms with Crippen LogP contribution in [0.4, 0.5) is 0 Å². The third kappa shape index (κ3) is 3.91. The molecule has 1 rings (SSSR count). The van der Waals surface area contributed by atoms with Crippen LogP contribution in [0.3, 0.4) is 0 Å². The van der Waals surface area contributed by atoms with E-state index in [1.165, 1.54) is 4.31 Å². The number of aliphatic hydroxyl groups is 1. The van der Waals surface area contributed by atoms with Crippen molar-refractivity contribution in [1.82, 2.24) is 9.03 Å². The molecule has 1 aliphatic rings. The van der Waals surface area contributed by atoms with Crippen molar-refractivity contribution in [3.63, 3.8) is 0 Å². The van der Waals surface area contributed by atoms with Gasteiger partial charge >= 0.3 is 0 Å². The van der Waals surface area contributed by atoms with Crippen molar-refractivity contribution >= 4 is 10.2 Å². The molecular formula is C11H24N2O3S. The second-order valence-electron chi connectivity index (χ2n) is 5.11. The molecule has 0 aromatic rings. The maximum Gasteiger partial charge on any atom is 0.280 e. The molecule has 0 amide bonds. The summed E-state index contributed by atoms with van der Waals surface area (Å²) >= 11 is 0. The Balaban J connectivity index is 2.73. The van der Waals surface area contributed by atoms with Crippen LogP contribution in [0.15, 0.2) is 0 Å². The third-order valence-electron chi connectivity index (χ3n) is 3.35. The minimum Gasteiger partial charge on any atom is -0.395 e. The monoisotopic (exact) mass is 264 g/mol. The van der Waals surface area contributed by atoms with Crippen molar-refractivity contribution in [2.75, 3.05) is 13.2 Å². The Kier molecular flexibility index (Phi) is 5.37. The van der Waals surface area contributed by atoms with E-state index in [9.17, 15) is 13.5 Å². The number of rotatable bonds is 5. The SMILES string of the molecule is CC(C)[C@@H](CO)NS(=O)(=O)N1CCCCC1C. The van der Waals surface area contributed by atoms with Crippen molar-refractivity contribution < 1.29 is 13.5 Å². The van der Waals surface area contributed by atoms with E-state index in [1.807, 2.05) is 20.8 Å². The topological polar surface area (TPSA) is 69.6 Å². The van der Waals surface area contributed by atoms with Crippen LogP contribution in [0.1, 0.15) is 40.0 Å². The van der Waals surface area contributed by atoms with Gasteiger partial charge < -0.3 is 5.11 Å². The molecule has 1 aliphatic heterocycles. The second-order valence-corrected chi connectivity index (χ2v) is 6.77. The van der Waals surface area contributed by atoms with Gasteiger partial charge in [0.2, 0.25) is 0 Å². The predicted octanol–water partition coefficient (Wildman–Crippen LogP) is 0.712. The smallest absolute Gasteiger partial charge is 0.280 e. The van der Waals surface area contributed by atoms with Gasteiger partial charge in [-0.15, -0.1) is 0 Å². The number of nitrogens with one attached hydrogen (secondary N) is 1. The molecule has 0 spiro atoms. The highest BCUT2D eigenvalue weighted by atomic mass is 32.2. The van der Waals surface area contributed by atoms with Gasteiger partial charge in [-0.3, -0.25) is 0 Å². The summed E-state index contributed by atoms with van der Waals surface area (Å²) in [6, 6.07) is -0.359. The van der Waals surface area contributed by atoms with Gasteiger partial charge in [0.1, 0.15) is 0 Å². The number of aliphatic hydroxyl groups excluding tert-OH is 1. The first-order valence-corrected chi connectivity index (χ1v) is 7.72. The summed E-state index contributed by atoms with van der Waals surface area (Å²) in [7, 11) is -3.47. The number of hydrogen-bond donors (Lipinski definition) is 2. The van der Waals surface area contributed by atoms with Crippen molar-refractivity contribution in [2.24, 2.45) is 5.92 Å². The molecule has 102 valence electrons. The van der Waals surface area contributed by atoms with E-state index in [0.717, 1.165) is 19.3 Å². The largest absolute Gasteiger partial charge is 0.395 e. The molecule has 0 aliphatic carbocycles. The highest BCUT2D eigenvalue weighted by Gasteiger charge is 2.31. The van der Waals surface area contributed by atoms with Crippen LogP contribution in [0.2, 0.25) is 0 Å². The van der Waals surface area contributed by atoms with Gasteiger partial charge in [-0.2, -0.15) is 17.4 Å². The van der Waals surface area contributed by atoms with E-state index < -0.39 is 16.3 Å². The van der Waals surface area contributed by atoms with Crippen LogP contribution >= 0.6 is 0 Å². The molecule has 0 saturated carbocycles. The van der Waals surface area contributed by atoms with E-state index in [0.29, 0.717) is 6.54 Å². The van der Waals surface area contributed by atoms with Crippen LogP contribution in [0, 0.1) is 5.92 Å². The number of piperidine rings is 1. The summed E-state index contributed by atoms with van der Waals surface area (Å²) in [6.45, 7) is 6.12. The van der Waals surface area contributed by atoms with Gasteiger partial charge in [0.05, 0.1) is 6.61 Å². The summed E-state index contributed by atoms with van der Waals surface area (Å²) in [5.74, 6) is 0.0786. The third-order valence-corrected chi connectivity index (χ3v) is 5.11. The molecule has 2 atom stereocenters. The van der Waals surface area contributed by atoms with Crippen molar-refractivity contribution in [3.05, 3.63) is 0 Å². The van der Waals surface area contributed by atoms with Crippen LogP contribution in [-0.4, -0.2) is 43.1 Å². The van der Waals surface area contributed by atoms with Crippen molar-refractivity contribution in [3.8, 4) is 0 Å². The summed E-state index contributed by atoms with van der Waals surface area (Å²) in [5.41, 5.74) is 0. The molecule has 0 radical (unpaired) electrons. The fraction of sp³-hybridized carbons (Fsp3) is 1.00. The molecule has 1 heterocycles. The van der Waals surface area contributed by atoms with Crippen molar-refractivity contribution in [1.29, 1.82) is 0 Å². The second kappa shape index (κ2) is 6.13. The summed E-state index contributed by atoms with van der Waals surface area (Å²) in [4.78, 5) is 0. The Hall–Kier alpha value is -0.170. The van der Waals surface area contributed by atoms with Gasteiger partial charge in [-0.25, -0.2) is 0 Å². The molecule has 1 fully saturated rings. The summed E-state index contributed by atoms with van der Waals surface area (Å²) in [6.07, 6.45) is 2.91. The fourth-order valence-electron chi connectivity index (χ4n) is 2.07. The lowest BCUT2D eigenvalue weighted by molar-refractivity contribution is 0.217. The minimum absolute atomic E-state index is 0.0488. The van der Waals surface area contributed by atoms with Crippen LogP contribution in [0.25, 0.3) is 0 Å². The standard InChI is InChI=1S/C11H24N2O3S/c1-9(2)11(8-14)12-17(15,16)13-7-5-4-6-10(13)3/h9-12,14H,4-8H2,1-3H3/t10?,11-/m1/s1.